The summed E-state index contributed by atoms with van der Waals surface area (Å²) in [5, 5.41) is 0. The van der Waals surface area contributed by atoms with Gasteiger partial charge >= 0.3 is 12.1 Å². The molecule has 2 aromatic rings. The maximum Gasteiger partial charge on any atom is 0.410 e. The minimum Gasteiger partial charge on any atom is -0.495 e. The number of methoxy groups -OCH3 is 2. The van der Waals surface area contributed by atoms with E-state index in [4.69, 9.17) is 18.9 Å². The number of hydrogen-bond donors (Lipinski definition) is 0. The monoisotopic (exact) mass is 442 g/mol. The molecule has 0 aliphatic carbocycles. The van der Waals surface area contributed by atoms with E-state index in [1.165, 1.54) is 12.0 Å². The summed E-state index contributed by atoms with van der Waals surface area (Å²) < 4.78 is 21.7. The van der Waals surface area contributed by atoms with Gasteiger partial charge in [-0.3, -0.25) is 9.88 Å². The van der Waals surface area contributed by atoms with Crippen molar-refractivity contribution in [3.63, 3.8) is 0 Å². The van der Waals surface area contributed by atoms with Crippen molar-refractivity contribution in [2.75, 3.05) is 27.4 Å². The molecule has 0 N–H and O–H groups in total. The first-order valence-electron chi connectivity index (χ1n) is 10.6. The Balaban J connectivity index is 1.80. The molecule has 8 heteroatoms. The van der Waals surface area contributed by atoms with Crippen molar-refractivity contribution in [1.82, 2.24) is 9.88 Å². The van der Waals surface area contributed by atoms with Crippen molar-refractivity contribution < 1.29 is 28.5 Å². The third kappa shape index (κ3) is 5.30. The van der Waals surface area contributed by atoms with Crippen LogP contribution in [0.15, 0.2) is 30.3 Å². The molecule has 1 aromatic carbocycles. The maximum atomic E-state index is 12.6. The number of aryl methyl sites for hydroxylation is 1. The molecular formula is C24H30N2O6. The van der Waals surface area contributed by atoms with E-state index in [0.717, 1.165) is 11.3 Å². The normalized spacial score (nSPS) is 15.2. The molecule has 1 aliphatic rings. The van der Waals surface area contributed by atoms with Gasteiger partial charge in [-0.1, -0.05) is 19.9 Å². The van der Waals surface area contributed by atoms with Crippen LogP contribution in [0.4, 0.5) is 4.79 Å². The van der Waals surface area contributed by atoms with Gasteiger partial charge in [-0.05, 0) is 54.7 Å². The molecule has 172 valence electrons. The van der Waals surface area contributed by atoms with Gasteiger partial charge in [-0.2, -0.15) is 0 Å². The van der Waals surface area contributed by atoms with Crippen LogP contribution < -0.4 is 9.47 Å². The summed E-state index contributed by atoms with van der Waals surface area (Å²) >= 11 is 0. The zero-order chi connectivity index (χ0) is 23.3. The number of amides is 1. The molecule has 1 aliphatic heterocycles. The number of hydrogen-bond acceptors (Lipinski definition) is 7. The predicted octanol–water partition coefficient (Wildman–Crippen LogP) is 3.84. The van der Waals surface area contributed by atoms with Crippen molar-refractivity contribution in [3.05, 3.63) is 52.8 Å². The molecule has 1 unspecified atom stereocenters. The molecule has 0 bridgehead atoms. The van der Waals surface area contributed by atoms with E-state index in [0.29, 0.717) is 42.3 Å². The lowest BCUT2D eigenvalue weighted by Gasteiger charge is -2.35. The van der Waals surface area contributed by atoms with E-state index >= 15 is 0 Å². The number of aromatic nitrogens is 1. The minimum absolute atomic E-state index is 0.203. The summed E-state index contributed by atoms with van der Waals surface area (Å²) in [4.78, 5) is 31.1. The van der Waals surface area contributed by atoms with E-state index in [1.807, 2.05) is 39.0 Å². The number of esters is 1. The van der Waals surface area contributed by atoms with Crippen LogP contribution in [0, 0.1) is 12.8 Å². The molecule has 32 heavy (non-hydrogen) atoms. The second-order valence-electron chi connectivity index (χ2n) is 8.09. The largest absolute Gasteiger partial charge is 0.495 e. The van der Waals surface area contributed by atoms with Crippen molar-refractivity contribution >= 4 is 12.1 Å². The van der Waals surface area contributed by atoms with Crippen LogP contribution in [0.1, 0.15) is 42.4 Å². The summed E-state index contributed by atoms with van der Waals surface area (Å²) in [7, 11) is 2.91. The van der Waals surface area contributed by atoms with E-state index in [9.17, 15) is 9.59 Å². The lowest BCUT2D eigenvalue weighted by molar-refractivity contribution is -0.147. The molecule has 1 atom stereocenters. The fraction of sp³-hybridized carbons (Fsp3) is 0.458. The fourth-order valence-corrected chi connectivity index (χ4v) is 3.62. The summed E-state index contributed by atoms with van der Waals surface area (Å²) in [5.41, 5.74) is 3.22. The Kier molecular flexibility index (Phi) is 7.56. The highest BCUT2D eigenvalue weighted by Crippen LogP contribution is 2.34. The van der Waals surface area contributed by atoms with Gasteiger partial charge in [0.05, 0.1) is 20.8 Å². The number of pyridine rings is 1. The molecule has 0 saturated carbocycles. The Labute approximate surface area is 188 Å². The summed E-state index contributed by atoms with van der Waals surface area (Å²) in [6, 6.07) is 8.36. The Morgan fingerprint density at radius 2 is 1.97 bits per heavy atom. The predicted molar refractivity (Wildman–Crippen MR) is 118 cm³/mol. The zero-order valence-electron chi connectivity index (χ0n) is 19.2. The van der Waals surface area contributed by atoms with Crippen molar-refractivity contribution in [1.29, 1.82) is 0 Å². The smallest absolute Gasteiger partial charge is 0.410 e. The number of benzene rings is 1. The first-order chi connectivity index (χ1) is 15.3. The van der Waals surface area contributed by atoms with Crippen LogP contribution in [0.5, 0.6) is 11.5 Å². The van der Waals surface area contributed by atoms with Gasteiger partial charge in [-0.15, -0.1) is 0 Å². The van der Waals surface area contributed by atoms with Gasteiger partial charge in [0.1, 0.15) is 23.8 Å². The number of carbonyl (C=O) groups excluding carboxylic acids is 2. The lowest BCUT2D eigenvalue weighted by atomic mass is 9.92. The quantitative estimate of drug-likeness (QED) is 0.602. The fourth-order valence-electron chi connectivity index (χ4n) is 3.62. The number of fused-ring (bicyclic) bond motifs is 1. The van der Waals surface area contributed by atoms with Crippen LogP contribution >= 0.6 is 0 Å². The van der Waals surface area contributed by atoms with Crippen LogP contribution in [0.2, 0.25) is 0 Å². The van der Waals surface area contributed by atoms with E-state index in [-0.39, 0.29) is 12.5 Å². The number of ether oxygens (including phenoxy) is 4. The molecule has 0 fully saturated rings. The molecule has 2 heterocycles. The molecule has 1 amide bonds. The van der Waals surface area contributed by atoms with E-state index in [1.54, 1.807) is 19.2 Å². The van der Waals surface area contributed by atoms with Crippen LogP contribution in [-0.2, 0) is 27.3 Å². The average Bonchev–Trinajstić information content (AvgIpc) is 2.79. The third-order valence-corrected chi connectivity index (χ3v) is 5.21. The standard InChI is InChI=1S/C24H30N2O6/c1-15(2)13-32-24(28)26-11-10-17-12-18(7-8-19(17)22(26)23(27)30-5)31-14-20-21(29-4)9-6-16(3)25-20/h6-9,12,15,22H,10-11,13-14H2,1-5H3. The van der Waals surface area contributed by atoms with Crippen molar-refractivity contribution in [2.45, 2.75) is 39.8 Å². The summed E-state index contributed by atoms with van der Waals surface area (Å²) in [6.07, 6.45) is 0.0562. The third-order valence-electron chi connectivity index (χ3n) is 5.21. The van der Waals surface area contributed by atoms with Gasteiger partial charge in [0.25, 0.3) is 0 Å². The van der Waals surface area contributed by atoms with Crippen molar-refractivity contribution in [2.24, 2.45) is 5.92 Å². The van der Waals surface area contributed by atoms with Crippen LogP contribution in [-0.4, -0.2) is 49.3 Å². The number of carbonyl (C=O) groups is 2. The molecular weight excluding hydrogens is 412 g/mol. The number of nitrogens with zero attached hydrogens (tertiary/aromatic N) is 2. The maximum absolute atomic E-state index is 12.6. The second-order valence-corrected chi connectivity index (χ2v) is 8.09. The Morgan fingerprint density at radius 1 is 1.19 bits per heavy atom. The second kappa shape index (κ2) is 10.3. The van der Waals surface area contributed by atoms with E-state index in [2.05, 4.69) is 4.98 Å². The van der Waals surface area contributed by atoms with E-state index < -0.39 is 18.1 Å². The van der Waals surface area contributed by atoms with Crippen LogP contribution in [0.3, 0.4) is 0 Å². The molecule has 0 spiro atoms. The Bertz CT molecular complexity index is 975. The first kappa shape index (κ1) is 23.4. The average molecular weight is 443 g/mol. The molecule has 0 saturated heterocycles. The van der Waals surface area contributed by atoms with Gasteiger partial charge in [0, 0.05) is 12.2 Å². The highest BCUT2D eigenvalue weighted by atomic mass is 16.6. The number of rotatable bonds is 7. The minimum atomic E-state index is -0.851. The molecule has 0 radical (unpaired) electrons. The van der Waals surface area contributed by atoms with Gasteiger partial charge < -0.3 is 18.9 Å². The van der Waals surface area contributed by atoms with Gasteiger partial charge in [0.15, 0.2) is 6.04 Å². The molecule has 8 nitrogen and oxygen atoms in total. The molecule has 3 rings (SSSR count). The highest BCUT2D eigenvalue weighted by molar-refractivity contribution is 5.84. The molecule has 1 aromatic heterocycles. The van der Waals surface area contributed by atoms with Crippen molar-refractivity contribution in [3.8, 4) is 11.5 Å². The Morgan fingerprint density at radius 3 is 2.66 bits per heavy atom. The summed E-state index contributed by atoms with van der Waals surface area (Å²) in [6.45, 7) is 6.71. The Hall–Kier alpha value is -3.29. The first-order valence-corrected chi connectivity index (χ1v) is 10.6. The SMILES string of the molecule is COC(=O)C1c2ccc(OCc3nc(C)ccc3OC)cc2CCN1C(=O)OCC(C)C. The topological polar surface area (TPSA) is 87.2 Å². The van der Waals surface area contributed by atoms with Gasteiger partial charge in [0.2, 0.25) is 0 Å². The van der Waals surface area contributed by atoms with Crippen LogP contribution in [0.25, 0.3) is 0 Å². The summed E-state index contributed by atoms with van der Waals surface area (Å²) in [5.74, 6) is 1.01. The lowest BCUT2D eigenvalue weighted by Crippen LogP contribution is -2.44. The highest BCUT2D eigenvalue weighted by Gasteiger charge is 2.38. The zero-order valence-corrected chi connectivity index (χ0v) is 19.2. The van der Waals surface area contributed by atoms with Gasteiger partial charge in [-0.25, -0.2) is 9.59 Å².